The molecule has 0 aromatic rings. The minimum Gasteiger partial charge on any atom is -0.355 e. The minimum absolute atomic E-state index is 0.0906. The van der Waals surface area contributed by atoms with Gasteiger partial charge < -0.3 is 10.6 Å². The van der Waals surface area contributed by atoms with Gasteiger partial charge in [0.2, 0.25) is 11.8 Å². The fourth-order valence-electron chi connectivity index (χ4n) is 4.51. The smallest absolute Gasteiger partial charge is 0.220 e. The van der Waals surface area contributed by atoms with Crippen molar-refractivity contribution in [3.8, 4) is 0 Å². The summed E-state index contributed by atoms with van der Waals surface area (Å²) < 4.78 is 0. The van der Waals surface area contributed by atoms with Crippen LogP contribution >= 0.6 is 11.8 Å². The molecule has 292 valence electrons. The molecular weight excluding hydrogens is 669 g/mol. The molecule has 0 saturated carbocycles. The monoisotopic (exact) mass is 741 g/mol. The van der Waals surface area contributed by atoms with Gasteiger partial charge in [-0.2, -0.15) is 11.8 Å². The van der Waals surface area contributed by atoms with Gasteiger partial charge in [-0.25, -0.2) is 0 Å². The first-order valence-corrected chi connectivity index (χ1v) is 21.3. The third kappa shape index (κ3) is 44.3. The molecule has 0 saturated heterocycles. The largest absolute Gasteiger partial charge is 0.355 e. The molecule has 0 rings (SSSR count). The lowest BCUT2D eigenvalue weighted by atomic mass is 10.2. The van der Waals surface area contributed by atoms with Gasteiger partial charge in [0.15, 0.2) is 0 Å². The standard InChI is InChI=1S/C48H72N2O2S/c1-3-5-7-9-11-13-15-17-19-21-23-25-27-29-31-33-35-37-39-41-47(51)49-43-45-53-46-44-50-48(52)42-40-38-36-34-32-30-28-26-24-22-20-18-16-14-12-10-8-6-4-2/h5-8,11-14,17-20,23-26,29-32,35-38H,3-4,9-10,15-16,21-22,27-28,33-34,39-46H2,1-2H3,(H,49,51)(H,50,52)/b7-5-,8-6-,13-11-,14-12-,19-17-,20-18-,25-23-,26-24-,31-29-,32-30-,37-35-,38-36-. The Morgan fingerprint density at radius 2 is 0.585 bits per heavy atom. The molecule has 0 aromatic heterocycles. The van der Waals surface area contributed by atoms with E-state index in [1.807, 2.05) is 0 Å². The average molecular weight is 741 g/mol. The first-order valence-electron chi connectivity index (χ1n) is 20.1. The van der Waals surface area contributed by atoms with Crippen LogP contribution in [0, 0.1) is 0 Å². The van der Waals surface area contributed by atoms with E-state index in [2.05, 4.69) is 170 Å². The zero-order valence-corrected chi connectivity index (χ0v) is 34.0. The summed E-state index contributed by atoms with van der Waals surface area (Å²) in [7, 11) is 0. The Labute approximate surface area is 329 Å². The summed E-state index contributed by atoms with van der Waals surface area (Å²) in [6, 6.07) is 0. The lowest BCUT2D eigenvalue weighted by Crippen LogP contribution is -2.27. The maximum Gasteiger partial charge on any atom is 0.220 e. The number of allylic oxidation sites excluding steroid dienone is 24. The summed E-state index contributed by atoms with van der Waals surface area (Å²) >= 11 is 1.74. The number of amides is 2. The van der Waals surface area contributed by atoms with Gasteiger partial charge >= 0.3 is 0 Å². The van der Waals surface area contributed by atoms with Gasteiger partial charge in [-0.15, -0.1) is 0 Å². The van der Waals surface area contributed by atoms with Gasteiger partial charge in [0.05, 0.1) is 0 Å². The molecule has 0 radical (unpaired) electrons. The number of hydrogen-bond donors (Lipinski definition) is 2. The van der Waals surface area contributed by atoms with Crippen molar-refractivity contribution in [1.82, 2.24) is 10.6 Å². The highest BCUT2D eigenvalue weighted by atomic mass is 32.2. The molecular formula is C48H72N2O2S. The van der Waals surface area contributed by atoms with Crippen molar-refractivity contribution in [3.05, 3.63) is 146 Å². The summed E-state index contributed by atoms with van der Waals surface area (Å²) in [6.07, 6.45) is 66.9. The highest BCUT2D eigenvalue weighted by molar-refractivity contribution is 7.99. The predicted molar refractivity (Wildman–Crippen MR) is 238 cm³/mol. The van der Waals surface area contributed by atoms with Crippen LogP contribution in [-0.2, 0) is 9.59 Å². The van der Waals surface area contributed by atoms with Crippen molar-refractivity contribution in [2.24, 2.45) is 0 Å². The molecule has 0 atom stereocenters. The molecule has 0 aliphatic carbocycles. The van der Waals surface area contributed by atoms with Crippen LogP contribution in [0.5, 0.6) is 0 Å². The average Bonchev–Trinajstić information content (AvgIpc) is 3.16. The summed E-state index contributed by atoms with van der Waals surface area (Å²) in [5.74, 6) is 1.88. The number of nitrogens with one attached hydrogen (secondary N) is 2. The Hall–Kier alpha value is -3.83. The third-order valence-electron chi connectivity index (χ3n) is 7.41. The molecule has 0 spiro atoms. The first-order chi connectivity index (χ1) is 26.2. The second-order valence-corrected chi connectivity index (χ2v) is 13.4. The molecule has 4 nitrogen and oxygen atoms in total. The maximum absolute atomic E-state index is 12.1. The second-order valence-electron chi connectivity index (χ2n) is 12.2. The van der Waals surface area contributed by atoms with Crippen LogP contribution in [-0.4, -0.2) is 36.4 Å². The van der Waals surface area contributed by atoms with Crippen LogP contribution in [0.1, 0.15) is 117 Å². The lowest BCUT2D eigenvalue weighted by Gasteiger charge is -2.06. The lowest BCUT2D eigenvalue weighted by molar-refractivity contribution is -0.121. The minimum atomic E-state index is 0.0906. The Balaban J connectivity index is 3.60. The molecule has 2 amide bonds. The number of carbonyl (C=O) groups excluding carboxylic acids is 2. The van der Waals surface area contributed by atoms with E-state index < -0.39 is 0 Å². The van der Waals surface area contributed by atoms with Crippen molar-refractivity contribution in [1.29, 1.82) is 0 Å². The van der Waals surface area contributed by atoms with Crippen molar-refractivity contribution in [2.75, 3.05) is 24.6 Å². The van der Waals surface area contributed by atoms with E-state index in [-0.39, 0.29) is 11.8 Å². The van der Waals surface area contributed by atoms with E-state index in [9.17, 15) is 9.59 Å². The molecule has 0 fully saturated rings. The Morgan fingerprint density at radius 1 is 0.358 bits per heavy atom. The number of rotatable bonds is 34. The van der Waals surface area contributed by atoms with Crippen LogP contribution in [0.3, 0.4) is 0 Å². The molecule has 0 bridgehead atoms. The predicted octanol–water partition coefficient (Wildman–Crippen LogP) is 12.9. The third-order valence-corrected chi connectivity index (χ3v) is 8.39. The number of thioether (sulfide) groups is 1. The summed E-state index contributed by atoms with van der Waals surface area (Å²) in [4.78, 5) is 24.1. The zero-order valence-electron chi connectivity index (χ0n) is 33.2. The molecule has 0 aliphatic rings. The molecule has 5 heteroatoms. The SMILES string of the molecule is CC/C=C\C/C=C\C/C=C\C/C=C\C/C=C\C/C=C\CCC(=O)NCCSCCNC(=O)CC/C=C\C/C=C\C/C=C\C/C=C\C/C=C\C/C=C\CC. The Kier molecular flexibility index (Phi) is 41.1. The van der Waals surface area contributed by atoms with E-state index in [0.717, 1.165) is 101 Å². The van der Waals surface area contributed by atoms with Crippen LogP contribution in [0.25, 0.3) is 0 Å². The molecule has 2 N–H and O–H groups in total. The summed E-state index contributed by atoms with van der Waals surface area (Å²) in [5.41, 5.74) is 0. The molecule has 53 heavy (non-hydrogen) atoms. The molecule has 0 heterocycles. The highest BCUT2D eigenvalue weighted by Gasteiger charge is 2.00. The Morgan fingerprint density at radius 3 is 0.830 bits per heavy atom. The maximum atomic E-state index is 12.1. The fourth-order valence-corrected chi connectivity index (χ4v) is 5.21. The van der Waals surface area contributed by atoms with Crippen molar-refractivity contribution in [3.63, 3.8) is 0 Å². The van der Waals surface area contributed by atoms with Gasteiger partial charge in [-0.05, 0) is 89.9 Å². The first kappa shape index (κ1) is 49.2. The Bertz CT molecular complexity index is 1130. The van der Waals surface area contributed by atoms with Crippen molar-refractivity contribution < 1.29 is 9.59 Å². The van der Waals surface area contributed by atoms with E-state index in [4.69, 9.17) is 0 Å². The quantitative estimate of drug-likeness (QED) is 0.0510. The normalized spacial score (nSPS) is 13.2. The van der Waals surface area contributed by atoms with E-state index in [1.54, 1.807) is 11.8 Å². The van der Waals surface area contributed by atoms with Crippen LogP contribution in [0.2, 0.25) is 0 Å². The summed E-state index contributed by atoms with van der Waals surface area (Å²) in [5, 5.41) is 5.97. The van der Waals surface area contributed by atoms with Crippen molar-refractivity contribution in [2.45, 2.75) is 117 Å². The van der Waals surface area contributed by atoms with Crippen LogP contribution in [0.4, 0.5) is 0 Å². The van der Waals surface area contributed by atoms with E-state index >= 15 is 0 Å². The zero-order chi connectivity index (χ0) is 38.4. The van der Waals surface area contributed by atoms with Gasteiger partial charge in [0.1, 0.15) is 0 Å². The summed E-state index contributed by atoms with van der Waals surface area (Å²) in [6.45, 7) is 5.62. The van der Waals surface area contributed by atoms with E-state index in [1.165, 1.54) is 0 Å². The van der Waals surface area contributed by atoms with Gasteiger partial charge in [-0.3, -0.25) is 9.59 Å². The number of hydrogen-bond acceptors (Lipinski definition) is 3. The number of carbonyl (C=O) groups is 2. The molecule has 0 unspecified atom stereocenters. The molecule has 0 aromatic carbocycles. The second kappa shape index (κ2) is 44.3. The molecule has 0 aliphatic heterocycles. The van der Waals surface area contributed by atoms with E-state index in [0.29, 0.717) is 25.9 Å². The topological polar surface area (TPSA) is 58.2 Å². The van der Waals surface area contributed by atoms with Crippen LogP contribution < -0.4 is 10.6 Å². The highest BCUT2D eigenvalue weighted by Crippen LogP contribution is 2.01. The van der Waals surface area contributed by atoms with Crippen molar-refractivity contribution >= 4 is 23.6 Å². The fraction of sp³-hybridized carbons (Fsp3) is 0.458. The van der Waals surface area contributed by atoms with Gasteiger partial charge in [-0.1, -0.05) is 160 Å². The van der Waals surface area contributed by atoms with Crippen LogP contribution in [0.15, 0.2) is 146 Å². The van der Waals surface area contributed by atoms with Gasteiger partial charge in [0, 0.05) is 37.4 Å². The van der Waals surface area contributed by atoms with Gasteiger partial charge in [0.25, 0.3) is 0 Å².